The molecule has 22 aromatic rings. The van der Waals surface area contributed by atoms with Crippen molar-refractivity contribution >= 4 is 167 Å². The Kier molecular flexibility index (Phi) is 24.4. The molecule has 0 atom stereocenters. The molecule has 134 heavy (non-hydrogen) atoms. The van der Waals surface area contributed by atoms with Gasteiger partial charge in [0.1, 0.15) is 5.75 Å². The van der Waals surface area contributed by atoms with Crippen molar-refractivity contribution in [1.82, 2.24) is 27.4 Å². The van der Waals surface area contributed by atoms with Crippen molar-refractivity contribution in [2.45, 2.75) is 118 Å². The van der Waals surface area contributed by atoms with Gasteiger partial charge in [0.25, 0.3) is 0 Å². The Hall–Kier alpha value is -15.4. The SMILES string of the molecule is C=Cc1ccc(-n2c3cc(-c4ccc(CCCC)cc4)ccc3c3c4c(ccc32)c2cc(-c3ccc(CCCC)cc3)ccc2n4C=C)cc1.C=Cc1ccc(Cn2c3cc(CCCC)ccc3c3ccc4c(c5ccc(CCCC)cc5n4-c4ccc(C=C)cc4)c32)cc1.C=Cc1ccc(Cn2c3ccc(OC)cc3c3ccc4c(c5ccccc5n4-c4ccc(C=C)cc4)c32)cc1. The summed E-state index contributed by atoms with van der Waals surface area (Å²) in [5, 5.41) is 15.1. The zero-order valence-corrected chi connectivity index (χ0v) is 77.8. The fraction of sp³-hybridized carbons (Fsp3) is 0.150. The molecule has 0 N–H and O–H groups in total. The highest BCUT2D eigenvalue weighted by Crippen LogP contribution is 2.48. The van der Waals surface area contributed by atoms with Crippen molar-refractivity contribution < 1.29 is 4.74 Å². The quantitative estimate of drug-likeness (QED) is 0.0482. The molecule has 0 amide bonds. The van der Waals surface area contributed by atoms with Crippen molar-refractivity contribution in [3.05, 3.63) is 422 Å². The number of ether oxygens (including phenoxy) is 1. The lowest BCUT2D eigenvalue weighted by Gasteiger charge is -2.11. The number of aryl methyl sites for hydroxylation is 4. The van der Waals surface area contributed by atoms with Gasteiger partial charge in [0.2, 0.25) is 0 Å². The van der Waals surface area contributed by atoms with Gasteiger partial charge in [-0.2, -0.15) is 0 Å². The van der Waals surface area contributed by atoms with Gasteiger partial charge in [0.05, 0.1) is 62.3 Å². The molecule has 22 rings (SSSR count). The van der Waals surface area contributed by atoms with Gasteiger partial charge in [-0.1, -0.05) is 336 Å². The van der Waals surface area contributed by atoms with Gasteiger partial charge >= 0.3 is 0 Å². The largest absolute Gasteiger partial charge is 0.497 e. The third kappa shape index (κ3) is 16.0. The van der Waals surface area contributed by atoms with E-state index in [1.807, 2.05) is 36.6 Å². The van der Waals surface area contributed by atoms with Crippen LogP contribution in [0, 0.1) is 0 Å². The normalized spacial score (nSPS) is 11.6. The number of rotatable bonds is 28. The first kappa shape index (κ1) is 86.6. The van der Waals surface area contributed by atoms with Crippen LogP contribution in [0.25, 0.3) is 207 Å². The molecule has 658 valence electrons. The number of hydrogen-bond donors (Lipinski definition) is 0. The van der Waals surface area contributed by atoms with Crippen LogP contribution in [-0.2, 0) is 38.8 Å². The van der Waals surface area contributed by atoms with Crippen LogP contribution in [0.15, 0.2) is 361 Å². The highest BCUT2D eigenvalue weighted by molar-refractivity contribution is 6.29. The first-order valence-corrected chi connectivity index (χ1v) is 47.9. The minimum absolute atomic E-state index is 0.760. The Bertz CT molecular complexity index is 8250. The molecule has 0 saturated heterocycles. The zero-order chi connectivity index (χ0) is 91.6. The minimum atomic E-state index is 0.760. The summed E-state index contributed by atoms with van der Waals surface area (Å²) in [7, 11) is 1.73. The van der Waals surface area contributed by atoms with Crippen LogP contribution in [0.3, 0.4) is 0 Å². The van der Waals surface area contributed by atoms with E-state index in [1.54, 1.807) is 7.11 Å². The van der Waals surface area contributed by atoms with Gasteiger partial charge in [-0.15, -0.1) is 0 Å². The van der Waals surface area contributed by atoms with E-state index >= 15 is 0 Å². The van der Waals surface area contributed by atoms with Gasteiger partial charge in [0.15, 0.2) is 0 Å². The Labute approximate surface area is 786 Å². The standard InChI is InChI=1S/C48H44N2.C43H42N2.C36H28N2O/c1-5-9-11-34-13-19-36(20-14-34)38-24-29-44-43(31-38)41-28-30-45-47(48(41)49(44)8-4)42-27-23-39(37-21-15-35(16-22-37)12-10-6-2)32-46(42)50(45)40-25-17-33(7-3)18-26-40;1-5-9-11-32-19-23-36-37-25-26-39-42(43(37)44(40(36)27-32)29-34-15-13-30(7-3)14-16-34)38-24-20-33(12-10-6-2)28-41(38)45(39)35-21-17-31(8-4)18-22-35;1-4-24-10-12-26(13-11-24)23-37-32-20-18-28(39-3)22-31(32)29-19-21-34-35(36(29)37)30-8-6-7-9-33(30)38(34)27-16-14-25(5-2)15-17-27/h7-8,13-32H,3-6,9-12H2,1-2H3;7-8,13-28H,3-6,9-12,29H2,1-2H3;4-22H,1-2,23H2,3H3. The lowest BCUT2D eigenvalue weighted by Crippen LogP contribution is -2.00. The predicted molar refractivity (Wildman–Crippen MR) is 581 cm³/mol. The van der Waals surface area contributed by atoms with E-state index in [-0.39, 0.29) is 0 Å². The van der Waals surface area contributed by atoms with Crippen LogP contribution in [0.5, 0.6) is 5.75 Å². The Balaban J connectivity index is 0.000000126. The van der Waals surface area contributed by atoms with E-state index in [0.717, 1.165) is 83.7 Å². The molecule has 0 aliphatic rings. The summed E-state index contributed by atoms with van der Waals surface area (Å²) in [5.41, 5.74) is 36.9. The molecule has 0 radical (unpaired) electrons. The van der Waals surface area contributed by atoms with E-state index in [4.69, 9.17) is 4.74 Å². The van der Waals surface area contributed by atoms with Crippen molar-refractivity contribution in [2.24, 2.45) is 0 Å². The maximum atomic E-state index is 5.63. The number of para-hydroxylation sites is 1. The Morgan fingerprint density at radius 2 is 0.582 bits per heavy atom. The molecule has 7 heteroatoms. The zero-order valence-electron chi connectivity index (χ0n) is 77.8. The van der Waals surface area contributed by atoms with Crippen LogP contribution in [-0.4, -0.2) is 34.5 Å². The smallest absolute Gasteiger partial charge is 0.119 e. The number of fused-ring (bicyclic) bond motifs is 21. The van der Waals surface area contributed by atoms with Crippen LogP contribution in [0.1, 0.15) is 140 Å². The second-order valence-electron chi connectivity index (χ2n) is 36.0. The number of benzene rings is 16. The second kappa shape index (κ2) is 37.8. The van der Waals surface area contributed by atoms with Crippen molar-refractivity contribution in [3.8, 4) is 45.1 Å². The number of methoxy groups -OCH3 is 1. The highest BCUT2D eigenvalue weighted by atomic mass is 16.5. The van der Waals surface area contributed by atoms with E-state index in [1.165, 1.54) is 244 Å². The summed E-state index contributed by atoms with van der Waals surface area (Å²) in [6.07, 6.45) is 25.6. The van der Waals surface area contributed by atoms with Gasteiger partial charge in [0, 0.05) is 112 Å². The first-order valence-electron chi connectivity index (χ1n) is 47.9. The van der Waals surface area contributed by atoms with Gasteiger partial charge < -0.3 is 32.1 Å². The lowest BCUT2D eigenvalue weighted by molar-refractivity contribution is 0.415. The van der Waals surface area contributed by atoms with E-state index in [2.05, 4.69) is 416 Å². The monoisotopic (exact) mass is 1740 g/mol. The molecule has 0 aliphatic carbocycles. The second-order valence-corrected chi connectivity index (χ2v) is 36.0. The van der Waals surface area contributed by atoms with Crippen molar-refractivity contribution in [3.63, 3.8) is 0 Å². The fourth-order valence-electron chi connectivity index (χ4n) is 20.6. The summed E-state index contributed by atoms with van der Waals surface area (Å²) in [5.74, 6) is 0.863. The van der Waals surface area contributed by atoms with Crippen LogP contribution < -0.4 is 4.74 Å². The van der Waals surface area contributed by atoms with E-state index in [0.29, 0.717) is 0 Å². The molecular formula is C127H114N6O. The Morgan fingerprint density at radius 3 is 1.05 bits per heavy atom. The lowest BCUT2D eigenvalue weighted by atomic mass is 9.99. The summed E-state index contributed by atoms with van der Waals surface area (Å²) < 4.78 is 20.2. The molecule has 6 heterocycles. The third-order valence-electron chi connectivity index (χ3n) is 27.7. The average molecular weight is 1740 g/mol. The molecule has 0 bridgehead atoms. The topological polar surface area (TPSA) is 38.8 Å². The summed E-state index contributed by atoms with van der Waals surface area (Å²) in [4.78, 5) is 0. The number of hydrogen-bond acceptors (Lipinski definition) is 1. The third-order valence-corrected chi connectivity index (χ3v) is 27.7. The highest BCUT2D eigenvalue weighted by Gasteiger charge is 2.26. The maximum absolute atomic E-state index is 5.63. The van der Waals surface area contributed by atoms with Gasteiger partial charge in [-0.05, 0) is 244 Å². The predicted octanol–water partition coefficient (Wildman–Crippen LogP) is 34.8. The Morgan fingerprint density at radius 1 is 0.246 bits per heavy atom. The van der Waals surface area contributed by atoms with Crippen LogP contribution in [0.2, 0.25) is 0 Å². The molecular weight excluding hydrogens is 1630 g/mol. The molecule has 16 aromatic carbocycles. The number of nitrogens with zero attached hydrogens (tertiary/aromatic N) is 6. The molecule has 0 unspecified atom stereocenters. The molecule has 0 saturated carbocycles. The molecule has 6 aromatic heterocycles. The van der Waals surface area contributed by atoms with E-state index in [9.17, 15) is 0 Å². The number of aromatic nitrogens is 6. The van der Waals surface area contributed by atoms with Crippen molar-refractivity contribution in [2.75, 3.05) is 7.11 Å². The van der Waals surface area contributed by atoms with Crippen LogP contribution >= 0.6 is 0 Å². The summed E-state index contributed by atoms with van der Waals surface area (Å²) >= 11 is 0. The summed E-state index contributed by atoms with van der Waals surface area (Å²) in [6.45, 7) is 34.7. The molecule has 0 fully saturated rings. The van der Waals surface area contributed by atoms with Crippen LogP contribution in [0.4, 0.5) is 0 Å². The molecule has 0 aliphatic heterocycles. The molecule has 7 nitrogen and oxygen atoms in total. The van der Waals surface area contributed by atoms with Crippen molar-refractivity contribution in [1.29, 1.82) is 0 Å². The molecule has 0 spiro atoms. The first-order chi connectivity index (χ1) is 65.9. The van der Waals surface area contributed by atoms with Gasteiger partial charge in [-0.3, -0.25) is 0 Å². The average Bonchev–Trinajstić information content (AvgIpc) is 1.56. The number of unbranched alkanes of at least 4 members (excludes halogenated alkanes) is 4. The minimum Gasteiger partial charge on any atom is -0.497 e. The van der Waals surface area contributed by atoms with Gasteiger partial charge in [-0.25, -0.2) is 0 Å². The summed E-state index contributed by atoms with van der Waals surface area (Å²) in [6, 6.07) is 119. The van der Waals surface area contributed by atoms with E-state index < -0.39 is 0 Å². The maximum Gasteiger partial charge on any atom is 0.119 e. The fourth-order valence-corrected chi connectivity index (χ4v) is 20.6.